The average Bonchev–Trinajstić information content (AvgIpc) is 1.99. The second kappa shape index (κ2) is 5.46. The molecule has 0 spiro atoms. The summed E-state index contributed by atoms with van der Waals surface area (Å²) in [6, 6.07) is 1.08. The molecule has 0 saturated carbocycles. The minimum Gasteiger partial charge on any atom is -0.445 e. The maximum absolute atomic E-state index is 12.9. The molecule has 0 bridgehead atoms. The van der Waals surface area contributed by atoms with Crippen molar-refractivity contribution >= 4 is 22.5 Å². The molecule has 0 atom stereocenters. The Kier molecular flexibility index (Phi) is 5.65. The number of rotatable bonds is 2. The molecule has 16 heavy (non-hydrogen) atoms. The number of nitrogens with two attached hydrogens (primary N) is 1. The van der Waals surface area contributed by atoms with Gasteiger partial charge in [-0.15, -0.1) is 5.46 Å². The molecule has 0 aliphatic heterocycles. The van der Waals surface area contributed by atoms with Crippen LogP contribution in [-0.2, 0) is 10.0 Å². The summed E-state index contributed by atoms with van der Waals surface area (Å²) in [6.07, 6.45) is 0. The van der Waals surface area contributed by atoms with Crippen LogP contribution in [0.15, 0.2) is 23.1 Å². The van der Waals surface area contributed by atoms with E-state index in [0.717, 1.165) is 0 Å². The second-order valence-electron chi connectivity index (χ2n) is 2.81. The molecule has 0 aliphatic carbocycles. The predicted octanol–water partition coefficient (Wildman–Crippen LogP) is -2.47. The summed E-state index contributed by atoms with van der Waals surface area (Å²) in [5.41, 5.74) is -1.21. The SMILES string of the molecule is NS(=O)(=O)c1ccc([B-](F)(F)F)cc1F.[K+]. The van der Waals surface area contributed by atoms with E-state index in [-0.39, 0.29) is 57.5 Å². The van der Waals surface area contributed by atoms with Crippen LogP contribution in [-0.4, -0.2) is 15.4 Å². The summed E-state index contributed by atoms with van der Waals surface area (Å²) in [4.78, 5) is -0.952. The van der Waals surface area contributed by atoms with Crippen molar-refractivity contribution in [1.82, 2.24) is 0 Å². The first-order valence-corrected chi connectivity index (χ1v) is 5.19. The van der Waals surface area contributed by atoms with Crippen LogP contribution in [0.25, 0.3) is 0 Å². The maximum Gasteiger partial charge on any atom is 1.00 e. The molecule has 0 saturated heterocycles. The van der Waals surface area contributed by atoms with E-state index in [2.05, 4.69) is 5.14 Å². The predicted molar refractivity (Wildman–Crippen MR) is 46.5 cm³/mol. The molecule has 1 rings (SSSR count). The van der Waals surface area contributed by atoms with E-state index in [1.165, 1.54) is 0 Å². The normalized spacial score (nSPS) is 12.1. The van der Waals surface area contributed by atoms with Crippen LogP contribution in [0.3, 0.4) is 0 Å². The standard InChI is InChI=1S/C6H5BF4NO2S.K/c8-5-3-4(7(9,10)11)1-2-6(5)15(12,13)14;/h1-3H,(H2,12,13,14);/q-1;+1. The summed E-state index contributed by atoms with van der Waals surface area (Å²) in [7, 11) is -4.33. The van der Waals surface area contributed by atoms with Crippen molar-refractivity contribution in [3.05, 3.63) is 24.0 Å². The summed E-state index contributed by atoms with van der Waals surface area (Å²) in [6.45, 7) is -5.35. The van der Waals surface area contributed by atoms with Gasteiger partial charge < -0.3 is 12.9 Å². The molecule has 0 aromatic heterocycles. The number of hydrogen-bond acceptors (Lipinski definition) is 2. The van der Waals surface area contributed by atoms with Gasteiger partial charge in [0, 0.05) is 0 Å². The molecule has 0 amide bonds. The Labute approximate surface area is 132 Å². The smallest absolute Gasteiger partial charge is 0.445 e. The zero-order valence-corrected chi connectivity index (χ0v) is 12.1. The largest absolute Gasteiger partial charge is 1.00 e. The first-order chi connectivity index (χ1) is 6.62. The maximum atomic E-state index is 12.9. The Morgan fingerprint density at radius 3 is 2.00 bits per heavy atom. The third-order valence-corrected chi connectivity index (χ3v) is 2.58. The summed E-state index contributed by atoms with van der Waals surface area (Å²) in [5.74, 6) is -1.51. The van der Waals surface area contributed by atoms with Crippen molar-refractivity contribution in [2.24, 2.45) is 5.14 Å². The molecule has 10 heteroatoms. The van der Waals surface area contributed by atoms with Crippen molar-refractivity contribution in [2.45, 2.75) is 4.90 Å². The molecule has 0 fully saturated rings. The fourth-order valence-electron chi connectivity index (χ4n) is 0.951. The van der Waals surface area contributed by atoms with Gasteiger partial charge in [0.25, 0.3) is 0 Å². The Bertz CT molecular complexity index is 490. The fourth-order valence-corrected chi connectivity index (χ4v) is 1.54. The Morgan fingerprint density at radius 2 is 1.69 bits per heavy atom. The van der Waals surface area contributed by atoms with Crippen molar-refractivity contribution in [2.75, 3.05) is 0 Å². The molecule has 0 unspecified atom stereocenters. The number of hydrogen-bond donors (Lipinski definition) is 1. The number of sulfonamides is 1. The van der Waals surface area contributed by atoms with Gasteiger partial charge in [0.15, 0.2) is 0 Å². The van der Waals surface area contributed by atoms with E-state index in [1.54, 1.807) is 0 Å². The fraction of sp³-hybridized carbons (Fsp3) is 0. The molecule has 0 aliphatic rings. The minimum atomic E-state index is -5.35. The van der Waals surface area contributed by atoms with E-state index in [0.29, 0.717) is 12.1 Å². The van der Waals surface area contributed by atoms with Crippen LogP contribution in [0.4, 0.5) is 17.3 Å². The Hall–Kier alpha value is 0.551. The molecule has 1 aromatic rings. The van der Waals surface area contributed by atoms with E-state index in [9.17, 15) is 25.8 Å². The topological polar surface area (TPSA) is 60.2 Å². The van der Waals surface area contributed by atoms with E-state index in [1.807, 2.05) is 0 Å². The molecule has 0 heterocycles. The van der Waals surface area contributed by atoms with Gasteiger partial charge in [-0.1, -0.05) is 12.1 Å². The van der Waals surface area contributed by atoms with Crippen molar-refractivity contribution < 1.29 is 77.1 Å². The van der Waals surface area contributed by atoms with Gasteiger partial charge in [-0.05, 0) is 6.07 Å². The summed E-state index contributed by atoms with van der Waals surface area (Å²) >= 11 is 0. The third-order valence-electron chi connectivity index (χ3n) is 1.64. The second-order valence-corrected chi connectivity index (χ2v) is 4.34. The number of benzene rings is 1. The zero-order chi connectivity index (χ0) is 11.9. The van der Waals surface area contributed by atoms with Gasteiger partial charge in [-0.2, -0.15) is 0 Å². The van der Waals surface area contributed by atoms with E-state index < -0.39 is 33.2 Å². The van der Waals surface area contributed by atoms with Crippen LogP contribution >= 0.6 is 0 Å². The van der Waals surface area contributed by atoms with Gasteiger partial charge >= 0.3 is 58.4 Å². The molecule has 3 nitrogen and oxygen atoms in total. The summed E-state index contributed by atoms with van der Waals surface area (Å²) in [5, 5.41) is 4.57. The number of primary sulfonamides is 1. The van der Waals surface area contributed by atoms with Crippen LogP contribution in [0.2, 0.25) is 0 Å². The Morgan fingerprint density at radius 1 is 1.19 bits per heavy atom. The molecule has 1 aromatic carbocycles. The molecule has 0 radical (unpaired) electrons. The van der Waals surface area contributed by atoms with Crippen LogP contribution in [0, 0.1) is 5.82 Å². The quantitative estimate of drug-likeness (QED) is 0.482. The monoisotopic (exact) mass is 281 g/mol. The molecule has 84 valence electrons. The zero-order valence-electron chi connectivity index (χ0n) is 8.12. The van der Waals surface area contributed by atoms with Crippen molar-refractivity contribution in [3.63, 3.8) is 0 Å². The molecule has 2 N–H and O–H groups in total. The van der Waals surface area contributed by atoms with Gasteiger partial charge in [0.05, 0.1) is 0 Å². The minimum absolute atomic E-state index is 0. The van der Waals surface area contributed by atoms with Gasteiger partial charge in [0.2, 0.25) is 10.0 Å². The first-order valence-electron chi connectivity index (χ1n) is 3.64. The van der Waals surface area contributed by atoms with Crippen LogP contribution < -0.4 is 62.0 Å². The van der Waals surface area contributed by atoms with E-state index in [4.69, 9.17) is 0 Å². The Balaban J connectivity index is 0.00000225. The van der Waals surface area contributed by atoms with Crippen LogP contribution in [0.1, 0.15) is 0 Å². The van der Waals surface area contributed by atoms with Crippen LogP contribution in [0.5, 0.6) is 0 Å². The van der Waals surface area contributed by atoms with E-state index >= 15 is 0 Å². The van der Waals surface area contributed by atoms with Gasteiger partial charge in [0.1, 0.15) is 10.7 Å². The van der Waals surface area contributed by atoms with Crippen molar-refractivity contribution in [3.8, 4) is 0 Å². The van der Waals surface area contributed by atoms with Gasteiger partial charge in [-0.25, -0.2) is 17.9 Å². The van der Waals surface area contributed by atoms with Crippen molar-refractivity contribution in [1.29, 1.82) is 0 Å². The molecular formula is C6H5BF4KNO2S. The number of halogens is 4. The third kappa shape index (κ3) is 4.09. The molecular weight excluding hydrogens is 276 g/mol. The van der Waals surface area contributed by atoms with Gasteiger partial charge in [-0.3, -0.25) is 0 Å². The summed E-state index contributed by atoms with van der Waals surface area (Å²) < 4.78 is 70.6. The average molecular weight is 281 g/mol. The first kappa shape index (κ1) is 16.6.